The normalized spacial score (nSPS) is 12.3. The van der Waals surface area contributed by atoms with E-state index in [1.54, 1.807) is 12.1 Å². The Morgan fingerprint density at radius 2 is 1.58 bits per heavy atom. The number of ether oxygens (including phenoxy) is 1. The van der Waals surface area contributed by atoms with Gasteiger partial charge in [0.2, 0.25) is 10.0 Å². The SMILES string of the molecule is COC(=O)CCCc1ccc(C(Cc2ccc(Cl)cc2)NS(=O)(=O)c2ccc(F)cc2)cc1. The third kappa shape index (κ3) is 7.39. The molecule has 0 spiro atoms. The Hall–Kier alpha value is -2.74. The number of methoxy groups -OCH3 is 1. The van der Waals surface area contributed by atoms with Crippen LogP contribution in [0.15, 0.2) is 77.7 Å². The van der Waals surface area contributed by atoms with Crippen molar-refractivity contribution in [3.8, 4) is 0 Å². The van der Waals surface area contributed by atoms with Gasteiger partial charge in [-0.3, -0.25) is 4.79 Å². The standard InChI is InChI=1S/C25H25ClFNO4S/c1-32-25(29)4-2-3-18-5-9-20(10-6-18)24(17-19-7-11-21(26)12-8-19)28-33(30,31)23-15-13-22(27)14-16-23/h5-16,24,28H,2-4,17H2,1H3. The van der Waals surface area contributed by atoms with E-state index in [0.717, 1.165) is 28.8 Å². The van der Waals surface area contributed by atoms with Crippen LogP contribution in [0.2, 0.25) is 5.02 Å². The van der Waals surface area contributed by atoms with Crippen molar-refractivity contribution in [3.63, 3.8) is 0 Å². The lowest BCUT2D eigenvalue weighted by Crippen LogP contribution is -2.30. The molecule has 1 N–H and O–H groups in total. The van der Waals surface area contributed by atoms with Crippen LogP contribution in [0.4, 0.5) is 4.39 Å². The van der Waals surface area contributed by atoms with Crippen LogP contribution >= 0.6 is 11.6 Å². The number of esters is 1. The second-order valence-corrected chi connectivity index (χ2v) is 9.78. The van der Waals surface area contributed by atoms with Crippen molar-refractivity contribution >= 4 is 27.6 Å². The smallest absolute Gasteiger partial charge is 0.305 e. The van der Waals surface area contributed by atoms with Gasteiger partial charge in [-0.15, -0.1) is 0 Å². The fourth-order valence-electron chi connectivity index (χ4n) is 3.41. The molecule has 0 bridgehead atoms. The van der Waals surface area contributed by atoms with Gasteiger partial charge in [-0.05, 0) is 72.4 Å². The predicted octanol–water partition coefficient (Wildman–Crippen LogP) is 5.24. The Morgan fingerprint density at radius 3 is 2.18 bits per heavy atom. The summed E-state index contributed by atoms with van der Waals surface area (Å²) >= 11 is 5.98. The fourth-order valence-corrected chi connectivity index (χ4v) is 4.76. The number of carbonyl (C=O) groups excluding carboxylic acids is 1. The highest BCUT2D eigenvalue weighted by atomic mass is 35.5. The number of carbonyl (C=O) groups is 1. The molecule has 0 aliphatic heterocycles. The minimum Gasteiger partial charge on any atom is -0.469 e. The third-order valence-corrected chi connectivity index (χ3v) is 6.97. The molecule has 5 nitrogen and oxygen atoms in total. The maximum absolute atomic E-state index is 13.3. The maximum Gasteiger partial charge on any atom is 0.305 e. The number of benzene rings is 3. The molecule has 0 amide bonds. The van der Waals surface area contributed by atoms with E-state index in [-0.39, 0.29) is 10.9 Å². The number of halogens is 2. The molecule has 0 fully saturated rings. The summed E-state index contributed by atoms with van der Waals surface area (Å²) in [5, 5.41) is 0.596. The molecule has 1 unspecified atom stereocenters. The first-order chi connectivity index (χ1) is 15.8. The van der Waals surface area contributed by atoms with Crippen LogP contribution in [-0.4, -0.2) is 21.5 Å². The number of hydrogen-bond donors (Lipinski definition) is 1. The largest absolute Gasteiger partial charge is 0.469 e. The van der Waals surface area contributed by atoms with E-state index in [9.17, 15) is 17.6 Å². The molecular weight excluding hydrogens is 465 g/mol. The molecule has 33 heavy (non-hydrogen) atoms. The molecule has 0 saturated heterocycles. The molecule has 3 rings (SSSR count). The number of aryl methyl sites for hydroxylation is 1. The van der Waals surface area contributed by atoms with Gasteiger partial charge >= 0.3 is 5.97 Å². The summed E-state index contributed by atoms with van der Waals surface area (Å²) in [6, 6.07) is 19.0. The second-order valence-electron chi connectivity index (χ2n) is 7.63. The molecule has 0 aliphatic rings. The van der Waals surface area contributed by atoms with Crippen molar-refractivity contribution in [2.45, 2.75) is 36.6 Å². The van der Waals surface area contributed by atoms with Gasteiger partial charge in [0.05, 0.1) is 18.0 Å². The Balaban J connectivity index is 1.81. The van der Waals surface area contributed by atoms with Crippen molar-refractivity contribution in [2.24, 2.45) is 0 Å². The van der Waals surface area contributed by atoms with Crippen LogP contribution in [-0.2, 0) is 32.4 Å². The van der Waals surface area contributed by atoms with Crippen LogP contribution in [0.3, 0.4) is 0 Å². The van der Waals surface area contributed by atoms with Crippen molar-refractivity contribution in [1.82, 2.24) is 4.72 Å². The molecule has 0 aromatic heterocycles. The molecule has 0 aliphatic carbocycles. The number of rotatable bonds is 10. The number of hydrogen-bond acceptors (Lipinski definition) is 4. The van der Waals surface area contributed by atoms with Gasteiger partial charge in [-0.1, -0.05) is 48.0 Å². The van der Waals surface area contributed by atoms with Crippen LogP contribution in [0.5, 0.6) is 0 Å². The lowest BCUT2D eigenvalue weighted by molar-refractivity contribution is -0.140. The van der Waals surface area contributed by atoms with E-state index in [4.69, 9.17) is 11.6 Å². The van der Waals surface area contributed by atoms with Crippen LogP contribution in [0.1, 0.15) is 35.6 Å². The quantitative estimate of drug-likeness (QED) is 0.395. The molecule has 0 radical (unpaired) electrons. The second kappa shape index (κ2) is 11.4. The van der Waals surface area contributed by atoms with E-state index in [1.165, 1.54) is 19.2 Å². The van der Waals surface area contributed by atoms with Gasteiger partial charge < -0.3 is 4.74 Å². The summed E-state index contributed by atoms with van der Waals surface area (Å²) in [4.78, 5) is 11.3. The van der Waals surface area contributed by atoms with Crippen molar-refractivity contribution < 1.29 is 22.3 Å². The van der Waals surface area contributed by atoms with Gasteiger partial charge in [0.25, 0.3) is 0 Å². The molecular formula is C25H25ClFNO4S. The number of sulfonamides is 1. The first-order valence-corrected chi connectivity index (χ1v) is 12.3. The van der Waals surface area contributed by atoms with Crippen molar-refractivity contribution in [2.75, 3.05) is 7.11 Å². The maximum atomic E-state index is 13.3. The Bertz CT molecular complexity index is 1160. The minimum atomic E-state index is -3.88. The highest BCUT2D eigenvalue weighted by molar-refractivity contribution is 7.89. The summed E-state index contributed by atoms with van der Waals surface area (Å²) in [7, 11) is -2.52. The Labute approximate surface area is 198 Å². The monoisotopic (exact) mass is 489 g/mol. The van der Waals surface area contributed by atoms with E-state index in [0.29, 0.717) is 30.7 Å². The topological polar surface area (TPSA) is 72.5 Å². The fraction of sp³-hybridized carbons (Fsp3) is 0.240. The van der Waals surface area contributed by atoms with Crippen LogP contribution in [0.25, 0.3) is 0 Å². The molecule has 3 aromatic carbocycles. The van der Waals surface area contributed by atoms with E-state index < -0.39 is 21.9 Å². The molecule has 8 heteroatoms. The van der Waals surface area contributed by atoms with Crippen molar-refractivity contribution in [1.29, 1.82) is 0 Å². The first kappa shape index (κ1) is 24.9. The van der Waals surface area contributed by atoms with Crippen LogP contribution in [0, 0.1) is 5.82 Å². The average Bonchev–Trinajstić information content (AvgIpc) is 2.80. The van der Waals surface area contributed by atoms with Gasteiger partial charge in [0.15, 0.2) is 0 Å². The van der Waals surface area contributed by atoms with E-state index in [1.807, 2.05) is 36.4 Å². The zero-order valence-corrected chi connectivity index (χ0v) is 19.7. The minimum absolute atomic E-state index is 0.00978. The predicted molar refractivity (Wildman–Crippen MR) is 126 cm³/mol. The summed E-state index contributed by atoms with van der Waals surface area (Å²) in [5.74, 6) is -0.751. The zero-order chi connectivity index (χ0) is 23.8. The lowest BCUT2D eigenvalue weighted by atomic mass is 9.97. The summed E-state index contributed by atoms with van der Waals surface area (Å²) in [6.45, 7) is 0. The van der Waals surface area contributed by atoms with Crippen molar-refractivity contribution in [3.05, 3.63) is 100 Å². The zero-order valence-electron chi connectivity index (χ0n) is 18.1. The number of nitrogens with one attached hydrogen (secondary N) is 1. The van der Waals surface area contributed by atoms with Gasteiger partial charge in [0.1, 0.15) is 5.82 Å². The van der Waals surface area contributed by atoms with Gasteiger partial charge in [0, 0.05) is 11.4 Å². The van der Waals surface area contributed by atoms with Gasteiger partial charge in [-0.2, -0.15) is 0 Å². The Kier molecular flexibility index (Phi) is 8.61. The molecule has 3 aromatic rings. The highest BCUT2D eigenvalue weighted by Gasteiger charge is 2.22. The molecule has 0 saturated carbocycles. The lowest BCUT2D eigenvalue weighted by Gasteiger charge is -2.20. The molecule has 0 heterocycles. The average molecular weight is 490 g/mol. The van der Waals surface area contributed by atoms with Crippen LogP contribution < -0.4 is 4.72 Å². The van der Waals surface area contributed by atoms with E-state index in [2.05, 4.69) is 9.46 Å². The van der Waals surface area contributed by atoms with Gasteiger partial charge in [-0.25, -0.2) is 17.5 Å². The molecule has 174 valence electrons. The van der Waals surface area contributed by atoms with E-state index >= 15 is 0 Å². The third-order valence-electron chi connectivity index (χ3n) is 5.23. The summed E-state index contributed by atoms with van der Waals surface area (Å²) < 4.78 is 46.6. The summed E-state index contributed by atoms with van der Waals surface area (Å²) in [5.41, 5.74) is 2.73. The Morgan fingerprint density at radius 1 is 0.970 bits per heavy atom. The highest BCUT2D eigenvalue weighted by Crippen LogP contribution is 2.24. The summed E-state index contributed by atoms with van der Waals surface area (Å²) in [6.07, 6.45) is 2.12. The molecule has 1 atom stereocenters. The first-order valence-electron chi connectivity index (χ1n) is 10.4.